The van der Waals surface area contributed by atoms with E-state index in [4.69, 9.17) is 9.84 Å². The Morgan fingerprint density at radius 1 is 1.44 bits per heavy atom. The van der Waals surface area contributed by atoms with Crippen molar-refractivity contribution in [3.63, 3.8) is 0 Å². The summed E-state index contributed by atoms with van der Waals surface area (Å²) in [6.07, 6.45) is 0. The highest BCUT2D eigenvalue weighted by Crippen LogP contribution is 2.24. The number of aryl methyl sites for hydroxylation is 1. The summed E-state index contributed by atoms with van der Waals surface area (Å²) in [4.78, 5) is 11.0. The highest BCUT2D eigenvalue weighted by atomic mass is 16.5. The zero-order chi connectivity index (χ0) is 12.3. The molecule has 0 spiro atoms. The molecule has 0 aliphatic rings. The van der Waals surface area contributed by atoms with Gasteiger partial charge < -0.3 is 15.2 Å². The lowest BCUT2D eigenvalue weighted by atomic mass is 10.0. The summed E-state index contributed by atoms with van der Waals surface area (Å²) < 4.78 is 5.08. The second-order valence-electron chi connectivity index (χ2n) is 4.24. The van der Waals surface area contributed by atoms with Gasteiger partial charge >= 0.3 is 5.97 Å². The molecule has 0 heterocycles. The van der Waals surface area contributed by atoms with E-state index in [-0.39, 0.29) is 0 Å². The van der Waals surface area contributed by atoms with E-state index in [9.17, 15) is 4.79 Å². The quantitative estimate of drug-likeness (QED) is 0.822. The van der Waals surface area contributed by atoms with Crippen LogP contribution >= 0.6 is 0 Å². The summed E-state index contributed by atoms with van der Waals surface area (Å²) in [5, 5.41) is 12.0. The number of hydrogen-bond acceptors (Lipinski definition) is 3. The van der Waals surface area contributed by atoms with Crippen LogP contribution in [-0.4, -0.2) is 23.7 Å². The fourth-order valence-electron chi connectivity index (χ4n) is 1.29. The molecule has 0 saturated carbocycles. The van der Waals surface area contributed by atoms with Gasteiger partial charge in [-0.15, -0.1) is 0 Å². The summed E-state index contributed by atoms with van der Waals surface area (Å²) in [5.74, 6) is -0.126. The highest BCUT2D eigenvalue weighted by Gasteiger charge is 2.27. The number of methoxy groups -OCH3 is 1. The third-order valence-corrected chi connectivity index (χ3v) is 2.42. The van der Waals surface area contributed by atoms with Crippen molar-refractivity contribution in [2.45, 2.75) is 26.3 Å². The number of ether oxygens (including phenoxy) is 1. The summed E-state index contributed by atoms with van der Waals surface area (Å²) in [6.45, 7) is 5.15. The SMILES string of the molecule is COc1ccc(NC(C)(C)C(=O)O)c(C)c1. The van der Waals surface area contributed by atoms with E-state index in [2.05, 4.69) is 5.32 Å². The molecule has 0 unspecified atom stereocenters. The molecule has 1 aromatic carbocycles. The number of aliphatic carboxylic acids is 1. The van der Waals surface area contributed by atoms with Gasteiger partial charge in [-0.2, -0.15) is 0 Å². The molecule has 88 valence electrons. The average molecular weight is 223 g/mol. The molecule has 1 rings (SSSR count). The number of hydrogen-bond donors (Lipinski definition) is 2. The predicted molar refractivity (Wildman–Crippen MR) is 63.1 cm³/mol. The third kappa shape index (κ3) is 2.66. The molecule has 1 aromatic rings. The van der Waals surface area contributed by atoms with Crippen LogP contribution < -0.4 is 10.1 Å². The van der Waals surface area contributed by atoms with Crippen molar-refractivity contribution in [3.8, 4) is 5.75 Å². The Kier molecular flexibility index (Phi) is 3.42. The lowest BCUT2D eigenvalue weighted by molar-refractivity contribution is -0.141. The van der Waals surface area contributed by atoms with Crippen LogP contribution in [0, 0.1) is 6.92 Å². The maximum absolute atomic E-state index is 11.0. The normalized spacial score (nSPS) is 11.0. The van der Waals surface area contributed by atoms with Crippen LogP contribution in [0.4, 0.5) is 5.69 Å². The molecule has 0 aliphatic carbocycles. The van der Waals surface area contributed by atoms with Crippen molar-refractivity contribution in [1.29, 1.82) is 0 Å². The number of carboxylic acid groups (broad SMARTS) is 1. The third-order valence-electron chi connectivity index (χ3n) is 2.42. The van der Waals surface area contributed by atoms with E-state index in [1.54, 1.807) is 27.0 Å². The molecule has 0 aromatic heterocycles. The van der Waals surface area contributed by atoms with Crippen LogP contribution in [0.2, 0.25) is 0 Å². The Morgan fingerprint density at radius 3 is 2.50 bits per heavy atom. The summed E-state index contributed by atoms with van der Waals surface area (Å²) >= 11 is 0. The van der Waals surface area contributed by atoms with Crippen LogP contribution in [0.25, 0.3) is 0 Å². The van der Waals surface area contributed by atoms with Crippen molar-refractivity contribution in [2.75, 3.05) is 12.4 Å². The Morgan fingerprint density at radius 2 is 2.06 bits per heavy atom. The van der Waals surface area contributed by atoms with Crippen molar-refractivity contribution in [1.82, 2.24) is 0 Å². The van der Waals surface area contributed by atoms with E-state index < -0.39 is 11.5 Å². The molecule has 0 radical (unpaired) electrons. The largest absolute Gasteiger partial charge is 0.497 e. The molecule has 0 bridgehead atoms. The number of rotatable bonds is 4. The van der Waals surface area contributed by atoms with E-state index in [0.717, 1.165) is 17.0 Å². The second-order valence-corrected chi connectivity index (χ2v) is 4.24. The molecule has 4 nitrogen and oxygen atoms in total. The minimum atomic E-state index is -0.987. The van der Waals surface area contributed by atoms with Gasteiger partial charge in [0.2, 0.25) is 0 Å². The zero-order valence-electron chi connectivity index (χ0n) is 10.00. The monoisotopic (exact) mass is 223 g/mol. The van der Waals surface area contributed by atoms with Gasteiger partial charge in [0.1, 0.15) is 11.3 Å². The minimum absolute atomic E-state index is 0.760. The number of benzene rings is 1. The van der Waals surface area contributed by atoms with Gasteiger partial charge in [-0.25, -0.2) is 4.79 Å². The first kappa shape index (κ1) is 12.4. The molecular formula is C12H17NO3. The minimum Gasteiger partial charge on any atom is -0.497 e. The Bertz CT molecular complexity index is 399. The van der Waals surface area contributed by atoms with Gasteiger partial charge in [-0.05, 0) is 44.5 Å². The maximum atomic E-state index is 11.0. The molecule has 16 heavy (non-hydrogen) atoms. The summed E-state index contributed by atoms with van der Waals surface area (Å²) in [7, 11) is 1.60. The first-order chi connectivity index (χ1) is 7.36. The van der Waals surface area contributed by atoms with Crippen LogP contribution in [0.3, 0.4) is 0 Å². The van der Waals surface area contributed by atoms with Crippen molar-refractivity contribution in [2.24, 2.45) is 0 Å². The van der Waals surface area contributed by atoms with Gasteiger partial charge in [0.25, 0.3) is 0 Å². The first-order valence-electron chi connectivity index (χ1n) is 5.03. The number of carbonyl (C=O) groups is 1. The van der Waals surface area contributed by atoms with E-state index >= 15 is 0 Å². The summed E-state index contributed by atoms with van der Waals surface area (Å²) in [6, 6.07) is 5.48. The molecule has 0 saturated heterocycles. The molecule has 0 aliphatic heterocycles. The van der Waals surface area contributed by atoms with Crippen LogP contribution in [0.5, 0.6) is 5.75 Å². The Hall–Kier alpha value is -1.71. The van der Waals surface area contributed by atoms with Crippen molar-refractivity contribution in [3.05, 3.63) is 23.8 Å². The standard InChI is InChI=1S/C12H17NO3/c1-8-7-9(16-4)5-6-10(8)13-12(2,3)11(14)15/h5-7,13H,1-4H3,(H,14,15). The van der Waals surface area contributed by atoms with E-state index in [1.807, 2.05) is 19.1 Å². The van der Waals surface area contributed by atoms with Crippen LogP contribution in [0.15, 0.2) is 18.2 Å². The summed E-state index contributed by atoms with van der Waals surface area (Å²) in [5.41, 5.74) is 0.765. The van der Waals surface area contributed by atoms with E-state index in [1.165, 1.54) is 0 Å². The lowest BCUT2D eigenvalue weighted by Gasteiger charge is -2.23. The van der Waals surface area contributed by atoms with Gasteiger partial charge in [-0.1, -0.05) is 0 Å². The smallest absolute Gasteiger partial charge is 0.328 e. The highest BCUT2D eigenvalue weighted by molar-refractivity contribution is 5.82. The predicted octanol–water partition coefficient (Wildman–Crippen LogP) is 2.28. The Balaban J connectivity index is 2.94. The molecular weight excluding hydrogens is 206 g/mol. The topological polar surface area (TPSA) is 58.6 Å². The number of nitrogens with one attached hydrogen (secondary N) is 1. The second kappa shape index (κ2) is 4.43. The van der Waals surface area contributed by atoms with Crippen LogP contribution in [0.1, 0.15) is 19.4 Å². The number of anilines is 1. The van der Waals surface area contributed by atoms with Crippen LogP contribution in [-0.2, 0) is 4.79 Å². The Labute approximate surface area is 95.2 Å². The number of carboxylic acids is 1. The van der Waals surface area contributed by atoms with Crippen molar-refractivity contribution < 1.29 is 14.6 Å². The van der Waals surface area contributed by atoms with Gasteiger partial charge in [0, 0.05) is 5.69 Å². The maximum Gasteiger partial charge on any atom is 0.328 e. The molecule has 0 fully saturated rings. The fourth-order valence-corrected chi connectivity index (χ4v) is 1.29. The van der Waals surface area contributed by atoms with Gasteiger partial charge in [0.15, 0.2) is 0 Å². The molecule has 4 heteroatoms. The first-order valence-corrected chi connectivity index (χ1v) is 5.03. The van der Waals surface area contributed by atoms with E-state index in [0.29, 0.717) is 0 Å². The van der Waals surface area contributed by atoms with Gasteiger partial charge in [-0.3, -0.25) is 0 Å². The molecule has 0 atom stereocenters. The average Bonchev–Trinajstić information content (AvgIpc) is 2.20. The fraction of sp³-hybridized carbons (Fsp3) is 0.417. The zero-order valence-corrected chi connectivity index (χ0v) is 10.00. The molecule has 0 amide bonds. The molecule has 2 N–H and O–H groups in total. The lowest BCUT2D eigenvalue weighted by Crippen LogP contribution is -2.40. The van der Waals surface area contributed by atoms with Crippen molar-refractivity contribution >= 4 is 11.7 Å². The van der Waals surface area contributed by atoms with Gasteiger partial charge in [0.05, 0.1) is 7.11 Å².